The van der Waals surface area contributed by atoms with Crippen LogP contribution in [0.5, 0.6) is 0 Å². The Bertz CT molecular complexity index is 1440. The molecule has 3 heterocycles. The van der Waals surface area contributed by atoms with Crippen LogP contribution in [0.1, 0.15) is 23.3 Å². The normalized spacial score (nSPS) is 20.9. The Balaban J connectivity index is 1.44. The summed E-state index contributed by atoms with van der Waals surface area (Å²) in [5.74, 6) is -0.0292. The first-order chi connectivity index (χ1) is 18.8. The average molecular weight is 537 g/mol. The van der Waals surface area contributed by atoms with Crippen LogP contribution in [-0.4, -0.2) is 76.1 Å². The zero-order valence-electron chi connectivity index (χ0n) is 20.1. The number of fused-ring (bicyclic) bond motifs is 1. The molecule has 0 amide bonds. The van der Waals surface area contributed by atoms with Gasteiger partial charge in [0.05, 0.1) is 22.8 Å². The summed E-state index contributed by atoms with van der Waals surface area (Å²) in [6, 6.07) is 12.0. The van der Waals surface area contributed by atoms with Crippen molar-refractivity contribution < 1.29 is 29.9 Å². The van der Waals surface area contributed by atoms with Crippen molar-refractivity contribution in [3.05, 3.63) is 92.5 Å². The number of nitro groups is 2. The second kappa shape index (κ2) is 10.7. The van der Waals surface area contributed by atoms with Crippen molar-refractivity contribution in [3.8, 4) is 0 Å². The molecular weight excluding hydrogens is 514 g/mol. The van der Waals surface area contributed by atoms with Gasteiger partial charge in [-0.1, -0.05) is 24.3 Å². The lowest BCUT2D eigenvalue weighted by Gasteiger charge is -2.19. The lowest BCUT2D eigenvalue weighted by molar-refractivity contribution is -0.385. The summed E-state index contributed by atoms with van der Waals surface area (Å²) >= 11 is 0. The number of nitrogens with one attached hydrogen (secondary N) is 1. The van der Waals surface area contributed by atoms with E-state index >= 15 is 0 Å². The minimum absolute atomic E-state index is 0.0675. The Morgan fingerprint density at radius 3 is 2.03 bits per heavy atom. The van der Waals surface area contributed by atoms with Gasteiger partial charge in [0.25, 0.3) is 11.4 Å². The molecule has 202 valence electrons. The van der Waals surface area contributed by atoms with Crippen molar-refractivity contribution in [3.63, 3.8) is 0 Å². The topological polar surface area (TPSA) is 212 Å². The molecule has 0 aliphatic carbocycles. The fourth-order valence-electron chi connectivity index (χ4n) is 4.56. The SMILES string of the molecule is O=[N+]([O-])c1ccc(C(CNc2ncnc3c2ncn3[C@@H]2O[C@H](CO)[C@@H](O)[C@H]2O)c2ccc([N+](=O)[O-])cc2)cc1. The predicted octanol–water partition coefficient (Wildman–Crippen LogP) is 1.50. The number of aliphatic hydroxyl groups is 3. The number of non-ortho nitro benzene ring substituents is 2. The molecule has 15 nitrogen and oxygen atoms in total. The third kappa shape index (κ3) is 4.98. The third-order valence-electron chi connectivity index (χ3n) is 6.64. The summed E-state index contributed by atoms with van der Waals surface area (Å²) < 4.78 is 7.03. The van der Waals surface area contributed by atoms with Gasteiger partial charge in [-0.05, 0) is 11.1 Å². The Hall–Kier alpha value is -4.57. The Morgan fingerprint density at radius 1 is 0.923 bits per heavy atom. The van der Waals surface area contributed by atoms with E-state index in [4.69, 9.17) is 4.74 Å². The predicted molar refractivity (Wildman–Crippen MR) is 135 cm³/mol. The minimum Gasteiger partial charge on any atom is -0.394 e. The molecule has 0 bridgehead atoms. The van der Waals surface area contributed by atoms with Gasteiger partial charge in [0.15, 0.2) is 23.2 Å². The fraction of sp³-hybridized carbons (Fsp3) is 0.292. The lowest BCUT2D eigenvalue weighted by atomic mass is 9.91. The first kappa shape index (κ1) is 26.1. The first-order valence-corrected chi connectivity index (χ1v) is 11.8. The van der Waals surface area contributed by atoms with Crippen molar-refractivity contribution in [2.75, 3.05) is 18.5 Å². The third-order valence-corrected chi connectivity index (χ3v) is 6.64. The second-order valence-corrected chi connectivity index (χ2v) is 8.91. The van der Waals surface area contributed by atoms with E-state index in [2.05, 4.69) is 20.3 Å². The number of anilines is 1. The van der Waals surface area contributed by atoms with Gasteiger partial charge in [0, 0.05) is 36.7 Å². The number of aliphatic hydroxyl groups excluding tert-OH is 3. The van der Waals surface area contributed by atoms with Gasteiger partial charge in [-0.25, -0.2) is 15.0 Å². The highest BCUT2D eigenvalue weighted by Crippen LogP contribution is 2.33. The Kier molecular flexibility index (Phi) is 7.12. The molecular formula is C24H23N7O8. The van der Waals surface area contributed by atoms with Gasteiger partial charge >= 0.3 is 0 Å². The van der Waals surface area contributed by atoms with Crippen LogP contribution >= 0.6 is 0 Å². The van der Waals surface area contributed by atoms with Crippen molar-refractivity contribution in [2.24, 2.45) is 0 Å². The maximum Gasteiger partial charge on any atom is 0.269 e. The van der Waals surface area contributed by atoms with Crippen molar-refractivity contribution in [2.45, 2.75) is 30.5 Å². The highest BCUT2D eigenvalue weighted by molar-refractivity contribution is 5.82. The van der Waals surface area contributed by atoms with E-state index in [1.165, 1.54) is 41.5 Å². The fourth-order valence-corrected chi connectivity index (χ4v) is 4.56. The molecule has 4 aromatic rings. The largest absolute Gasteiger partial charge is 0.394 e. The Morgan fingerprint density at radius 2 is 1.51 bits per heavy atom. The van der Waals surface area contributed by atoms with E-state index in [-0.39, 0.29) is 23.8 Å². The molecule has 1 saturated heterocycles. The molecule has 1 aliphatic heterocycles. The van der Waals surface area contributed by atoms with Crippen molar-refractivity contribution in [1.82, 2.24) is 19.5 Å². The van der Waals surface area contributed by atoms with Crippen molar-refractivity contribution >= 4 is 28.4 Å². The maximum atomic E-state index is 11.1. The molecule has 1 aliphatic rings. The molecule has 2 aromatic heterocycles. The summed E-state index contributed by atoms with van der Waals surface area (Å²) in [7, 11) is 0. The number of hydrogen-bond donors (Lipinski definition) is 4. The quantitative estimate of drug-likeness (QED) is 0.177. The van der Waals surface area contributed by atoms with E-state index in [1.807, 2.05) is 0 Å². The summed E-state index contributed by atoms with van der Waals surface area (Å²) in [4.78, 5) is 34.1. The highest BCUT2D eigenvalue weighted by Gasteiger charge is 2.44. The van der Waals surface area contributed by atoms with Crippen molar-refractivity contribution in [1.29, 1.82) is 0 Å². The zero-order chi connectivity index (χ0) is 27.7. The van der Waals surface area contributed by atoms with Gasteiger partial charge < -0.3 is 25.4 Å². The standard InChI is InChI=1S/C24H23N7O8/c32-10-18-20(33)21(34)24(39-18)29-12-28-19-22(26-11-27-23(19)29)25-9-17(13-1-5-15(6-2-13)30(35)36)14-3-7-16(8-4-14)31(37)38/h1-8,11-12,17-18,20-21,24,32-34H,9-10H2,(H,25,26,27)/t18-,20-,21-,24-/m1/s1. The van der Waals surface area contributed by atoms with Crippen LogP contribution in [-0.2, 0) is 4.74 Å². The molecule has 0 radical (unpaired) electrons. The van der Waals surface area contributed by atoms with Gasteiger partial charge in [-0.2, -0.15) is 0 Å². The minimum atomic E-state index is -1.32. The lowest BCUT2D eigenvalue weighted by Crippen LogP contribution is -2.33. The van der Waals surface area contributed by atoms with E-state index in [0.717, 1.165) is 11.1 Å². The Labute approximate surface area is 219 Å². The van der Waals surface area contributed by atoms with Crippen LogP contribution in [0.2, 0.25) is 0 Å². The van der Waals surface area contributed by atoms with E-state index in [9.17, 15) is 35.5 Å². The molecule has 4 atom stereocenters. The van der Waals surface area contributed by atoms with Crippen LogP contribution in [0.3, 0.4) is 0 Å². The van der Waals surface area contributed by atoms with Crippen LogP contribution in [0.4, 0.5) is 17.2 Å². The second-order valence-electron chi connectivity index (χ2n) is 8.91. The van der Waals surface area contributed by atoms with Crippen LogP contribution in [0.15, 0.2) is 61.2 Å². The summed E-state index contributed by atoms with van der Waals surface area (Å²) in [6.45, 7) is -0.238. The molecule has 15 heteroatoms. The van der Waals surface area contributed by atoms with E-state index in [0.29, 0.717) is 17.0 Å². The molecule has 39 heavy (non-hydrogen) atoms. The van der Waals surface area contributed by atoms with Gasteiger partial charge in [-0.3, -0.25) is 24.8 Å². The molecule has 0 unspecified atom stereocenters. The number of aromatic nitrogens is 4. The highest BCUT2D eigenvalue weighted by atomic mass is 16.6. The number of benzene rings is 2. The summed E-state index contributed by atoms with van der Waals surface area (Å²) in [5.41, 5.74) is 1.98. The molecule has 5 rings (SSSR count). The monoisotopic (exact) mass is 537 g/mol. The van der Waals surface area contributed by atoms with Crippen LogP contribution in [0.25, 0.3) is 11.2 Å². The van der Waals surface area contributed by atoms with Crippen LogP contribution in [0, 0.1) is 20.2 Å². The maximum absolute atomic E-state index is 11.1. The number of nitrogens with zero attached hydrogens (tertiary/aromatic N) is 6. The smallest absolute Gasteiger partial charge is 0.269 e. The molecule has 2 aromatic carbocycles. The number of rotatable bonds is 9. The first-order valence-electron chi connectivity index (χ1n) is 11.8. The number of imidazole rings is 1. The summed E-state index contributed by atoms with van der Waals surface area (Å²) in [6.07, 6.45) is -1.93. The van der Waals surface area contributed by atoms with Gasteiger partial charge in [-0.15, -0.1) is 0 Å². The zero-order valence-corrected chi connectivity index (χ0v) is 20.1. The number of hydrogen-bond acceptors (Lipinski definition) is 12. The van der Waals surface area contributed by atoms with Gasteiger partial charge in [0.2, 0.25) is 0 Å². The van der Waals surface area contributed by atoms with Gasteiger partial charge in [0.1, 0.15) is 24.6 Å². The van der Waals surface area contributed by atoms with Crippen LogP contribution < -0.4 is 5.32 Å². The number of nitro benzene ring substituents is 2. The number of ether oxygens (including phenoxy) is 1. The van der Waals surface area contributed by atoms with E-state index < -0.39 is 41.0 Å². The molecule has 4 N–H and O–H groups in total. The average Bonchev–Trinajstić information content (AvgIpc) is 3.50. The molecule has 0 spiro atoms. The molecule has 1 fully saturated rings. The summed E-state index contributed by atoms with van der Waals surface area (Å²) in [5, 5.41) is 55.4. The molecule has 0 saturated carbocycles. The van der Waals surface area contributed by atoms with E-state index in [1.54, 1.807) is 24.3 Å².